The minimum absolute atomic E-state index is 0.0234. The lowest BCUT2D eigenvalue weighted by molar-refractivity contribution is -0.142. The topological polar surface area (TPSA) is 113 Å². The van der Waals surface area contributed by atoms with E-state index in [0.717, 1.165) is 28.5 Å². The number of sulfonamides is 1. The van der Waals surface area contributed by atoms with Gasteiger partial charge < -0.3 is 10.4 Å². The number of aryl methyl sites for hydroxylation is 1. The number of rotatable bonds is 8. The van der Waals surface area contributed by atoms with Crippen LogP contribution in [-0.2, 0) is 30.4 Å². The molecule has 1 aliphatic carbocycles. The number of carboxylic acid groups (broad SMARTS) is 1. The molecule has 3 unspecified atom stereocenters. The maximum absolute atomic E-state index is 13.3. The van der Waals surface area contributed by atoms with E-state index in [2.05, 4.69) is 30.8 Å². The third-order valence-corrected chi connectivity index (χ3v) is 7.75. The Labute approximate surface area is 208 Å². The van der Waals surface area contributed by atoms with Crippen LogP contribution in [0.25, 0.3) is 0 Å². The summed E-state index contributed by atoms with van der Waals surface area (Å²) in [5, 5.41) is 12.9. The highest BCUT2D eigenvalue weighted by molar-refractivity contribution is 7.92. The van der Waals surface area contributed by atoms with Gasteiger partial charge in [-0.25, -0.2) is 8.42 Å². The Hall–Kier alpha value is -2.87. The van der Waals surface area contributed by atoms with E-state index in [1.54, 1.807) is 26.0 Å². The van der Waals surface area contributed by atoms with Crippen LogP contribution in [-0.4, -0.2) is 31.7 Å². The molecule has 0 saturated heterocycles. The van der Waals surface area contributed by atoms with Crippen LogP contribution < -0.4 is 10.0 Å². The van der Waals surface area contributed by atoms with Gasteiger partial charge in [0, 0.05) is 11.3 Å². The summed E-state index contributed by atoms with van der Waals surface area (Å²) < 4.78 is 25.6. The smallest absolute Gasteiger partial charge is 0.307 e. The van der Waals surface area contributed by atoms with Crippen molar-refractivity contribution < 1.29 is 23.1 Å². The summed E-state index contributed by atoms with van der Waals surface area (Å²) in [6, 6.07) is 12.9. The van der Waals surface area contributed by atoms with Crippen molar-refractivity contribution in [2.75, 3.05) is 11.0 Å². The summed E-state index contributed by atoms with van der Waals surface area (Å²) >= 11 is 0. The zero-order valence-electron chi connectivity index (χ0n) is 21.5. The van der Waals surface area contributed by atoms with Crippen molar-refractivity contribution in [3.8, 4) is 0 Å². The first-order valence-corrected chi connectivity index (χ1v) is 13.7. The fraction of sp³-hybridized carbons (Fsp3) is 0.481. The summed E-state index contributed by atoms with van der Waals surface area (Å²) in [6.07, 6.45) is 1.57. The highest BCUT2D eigenvalue weighted by Gasteiger charge is 2.64. The van der Waals surface area contributed by atoms with Crippen molar-refractivity contribution in [2.24, 2.45) is 11.8 Å². The molecule has 3 rings (SSSR count). The van der Waals surface area contributed by atoms with Crippen molar-refractivity contribution in [1.82, 2.24) is 5.32 Å². The molecule has 0 bridgehead atoms. The Bertz CT molecular complexity index is 1230. The lowest BCUT2D eigenvalue weighted by atomic mass is 9.79. The second-order valence-electron chi connectivity index (χ2n) is 10.9. The molecule has 1 saturated carbocycles. The van der Waals surface area contributed by atoms with E-state index in [1.165, 1.54) is 0 Å². The Morgan fingerprint density at radius 3 is 2.17 bits per heavy atom. The standard InChI is InChI=1S/C27H36N2O5S/c1-16-14-19(8-13-23(16)29-35(7,33)34)18(3)28-24(30)22-15-27(22,17(2)25(31)32)21-11-9-20(10-12-21)26(4,5)6/h8-14,17-18,22,29H,15H2,1-7H3,(H,28,30)(H,31,32)/t17?,18-,22?,27?/m1/s1. The van der Waals surface area contributed by atoms with Crippen molar-refractivity contribution in [3.63, 3.8) is 0 Å². The van der Waals surface area contributed by atoms with Crippen LogP contribution in [0.3, 0.4) is 0 Å². The van der Waals surface area contributed by atoms with Gasteiger partial charge in [0.2, 0.25) is 15.9 Å². The molecule has 8 heteroatoms. The van der Waals surface area contributed by atoms with Gasteiger partial charge in [0.1, 0.15) is 0 Å². The second-order valence-corrected chi connectivity index (χ2v) is 12.6. The number of nitrogens with one attached hydrogen (secondary N) is 2. The molecular formula is C27H36N2O5S. The molecule has 2 aromatic carbocycles. The van der Waals surface area contributed by atoms with Crippen LogP contribution in [0, 0.1) is 18.8 Å². The predicted octanol–water partition coefficient (Wildman–Crippen LogP) is 4.52. The molecule has 1 aliphatic rings. The van der Waals surface area contributed by atoms with Gasteiger partial charge in [-0.1, -0.05) is 64.1 Å². The van der Waals surface area contributed by atoms with Gasteiger partial charge in [-0.15, -0.1) is 0 Å². The highest BCUT2D eigenvalue weighted by Crippen LogP contribution is 2.59. The van der Waals surface area contributed by atoms with Crippen molar-refractivity contribution in [3.05, 3.63) is 64.7 Å². The molecule has 1 fully saturated rings. The van der Waals surface area contributed by atoms with E-state index >= 15 is 0 Å². The molecule has 0 aliphatic heterocycles. The van der Waals surface area contributed by atoms with Gasteiger partial charge in [0.05, 0.1) is 23.9 Å². The van der Waals surface area contributed by atoms with Crippen LogP contribution >= 0.6 is 0 Å². The fourth-order valence-corrected chi connectivity index (χ4v) is 5.45. The van der Waals surface area contributed by atoms with Gasteiger partial charge in [-0.05, 0) is 54.0 Å². The molecule has 3 N–H and O–H groups in total. The maximum Gasteiger partial charge on any atom is 0.307 e. The molecule has 0 heterocycles. The SMILES string of the molecule is Cc1cc([C@@H](C)NC(=O)C2CC2(c2ccc(C(C)(C)C)cc2)C(C)C(=O)O)ccc1NS(C)(=O)=O. The zero-order chi connectivity index (χ0) is 26.3. The van der Waals surface area contributed by atoms with Gasteiger partial charge in [-0.3, -0.25) is 14.3 Å². The van der Waals surface area contributed by atoms with Gasteiger partial charge in [0.15, 0.2) is 0 Å². The maximum atomic E-state index is 13.3. The average Bonchev–Trinajstić information content (AvgIpc) is 3.50. The first kappa shape index (κ1) is 26.7. The summed E-state index contributed by atoms with van der Waals surface area (Å²) in [5.74, 6) is -2.25. The molecular weight excluding hydrogens is 464 g/mol. The van der Waals surface area contributed by atoms with Gasteiger partial charge in [-0.2, -0.15) is 0 Å². The van der Waals surface area contributed by atoms with E-state index in [0.29, 0.717) is 12.1 Å². The number of hydrogen-bond donors (Lipinski definition) is 3. The Balaban J connectivity index is 1.81. The largest absolute Gasteiger partial charge is 0.481 e. The predicted molar refractivity (Wildman–Crippen MR) is 138 cm³/mol. The van der Waals surface area contributed by atoms with Crippen molar-refractivity contribution in [1.29, 1.82) is 0 Å². The lowest BCUT2D eigenvalue weighted by Gasteiger charge is -2.25. The number of amides is 1. The van der Waals surface area contributed by atoms with Crippen LogP contribution in [0.5, 0.6) is 0 Å². The molecule has 0 aromatic heterocycles. The molecule has 4 atom stereocenters. The minimum atomic E-state index is -3.39. The highest BCUT2D eigenvalue weighted by atomic mass is 32.2. The van der Waals surface area contributed by atoms with Crippen LogP contribution in [0.4, 0.5) is 5.69 Å². The van der Waals surface area contributed by atoms with Gasteiger partial charge in [0.25, 0.3) is 0 Å². The lowest BCUT2D eigenvalue weighted by Crippen LogP contribution is -2.35. The summed E-state index contributed by atoms with van der Waals surface area (Å²) in [4.78, 5) is 25.3. The molecule has 2 aromatic rings. The third kappa shape index (κ3) is 5.69. The third-order valence-electron chi connectivity index (χ3n) is 7.16. The second kappa shape index (κ2) is 9.30. The van der Waals surface area contributed by atoms with E-state index in [-0.39, 0.29) is 17.4 Å². The molecule has 35 heavy (non-hydrogen) atoms. The quantitative estimate of drug-likeness (QED) is 0.493. The summed E-state index contributed by atoms with van der Waals surface area (Å²) in [5.41, 5.74) is 3.33. The summed E-state index contributed by atoms with van der Waals surface area (Å²) in [7, 11) is -3.39. The van der Waals surface area contributed by atoms with E-state index < -0.39 is 33.2 Å². The molecule has 190 valence electrons. The Morgan fingerprint density at radius 1 is 1.09 bits per heavy atom. The van der Waals surface area contributed by atoms with E-state index in [4.69, 9.17) is 0 Å². The van der Waals surface area contributed by atoms with Crippen molar-refractivity contribution in [2.45, 2.75) is 64.8 Å². The van der Waals surface area contributed by atoms with Crippen molar-refractivity contribution >= 4 is 27.6 Å². The molecule has 0 radical (unpaired) electrons. The van der Waals surface area contributed by atoms with Gasteiger partial charge >= 0.3 is 5.97 Å². The number of anilines is 1. The number of aliphatic carboxylic acids is 1. The summed E-state index contributed by atoms with van der Waals surface area (Å²) in [6.45, 7) is 11.7. The molecule has 1 amide bonds. The average molecular weight is 501 g/mol. The number of carbonyl (C=O) groups excluding carboxylic acids is 1. The number of hydrogen-bond acceptors (Lipinski definition) is 4. The zero-order valence-corrected chi connectivity index (χ0v) is 22.3. The monoisotopic (exact) mass is 500 g/mol. The minimum Gasteiger partial charge on any atom is -0.481 e. The normalized spacial score (nSPS) is 21.6. The first-order valence-electron chi connectivity index (χ1n) is 11.8. The molecule has 7 nitrogen and oxygen atoms in total. The number of benzene rings is 2. The Morgan fingerprint density at radius 2 is 1.69 bits per heavy atom. The number of carboxylic acids is 1. The number of carbonyl (C=O) groups is 2. The van der Waals surface area contributed by atoms with E-state index in [9.17, 15) is 23.1 Å². The fourth-order valence-electron chi connectivity index (χ4n) is 4.82. The first-order chi connectivity index (χ1) is 16.1. The van der Waals surface area contributed by atoms with Crippen LogP contribution in [0.1, 0.15) is 69.3 Å². The van der Waals surface area contributed by atoms with E-state index in [1.807, 2.05) is 37.3 Å². The van der Waals surface area contributed by atoms with Crippen LogP contribution in [0.15, 0.2) is 42.5 Å². The molecule has 0 spiro atoms. The van der Waals surface area contributed by atoms with Crippen LogP contribution in [0.2, 0.25) is 0 Å². The Kier molecular flexibility index (Phi) is 7.10.